The molecule has 0 bridgehead atoms. The molecule has 25 heavy (non-hydrogen) atoms. The molecule has 0 aliphatic carbocycles. The Kier molecular flexibility index (Phi) is 6.61. The third-order valence-electron chi connectivity index (χ3n) is 3.80. The van der Waals surface area contributed by atoms with Gasteiger partial charge in [-0.2, -0.15) is 0 Å². The van der Waals surface area contributed by atoms with Crippen molar-refractivity contribution in [3.8, 4) is 5.69 Å². The van der Waals surface area contributed by atoms with Crippen molar-refractivity contribution in [2.75, 3.05) is 26.8 Å². The third kappa shape index (κ3) is 4.84. The summed E-state index contributed by atoms with van der Waals surface area (Å²) in [6, 6.07) is 9.21. The first kappa shape index (κ1) is 19.0. The van der Waals surface area contributed by atoms with E-state index >= 15 is 0 Å². The number of carbonyl (C=O) groups is 2. The number of carbonyl (C=O) groups excluding carboxylic acids is 2. The maximum absolute atomic E-state index is 12.4. The summed E-state index contributed by atoms with van der Waals surface area (Å²) in [5.41, 5.74) is 3.19. The van der Waals surface area contributed by atoms with E-state index in [1.165, 1.54) is 0 Å². The molecule has 2 amide bonds. The van der Waals surface area contributed by atoms with Gasteiger partial charge >= 0.3 is 0 Å². The monoisotopic (exact) mass is 363 g/mol. The first-order valence-corrected chi connectivity index (χ1v) is 8.30. The lowest BCUT2D eigenvalue weighted by Crippen LogP contribution is -2.38. The number of nitrogens with zero attached hydrogens (tertiary/aromatic N) is 1. The Morgan fingerprint density at radius 2 is 1.84 bits per heavy atom. The van der Waals surface area contributed by atoms with Crippen LogP contribution in [0.3, 0.4) is 0 Å². The van der Waals surface area contributed by atoms with Gasteiger partial charge in [-0.3, -0.25) is 9.59 Å². The average Bonchev–Trinajstić information content (AvgIpc) is 2.88. The van der Waals surface area contributed by atoms with Gasteiger partial charge in [-0.1, -0.05) is 11.6 Å². The minimum Gasteiger partial charge on any atom is -0.383 e. The summed E-state index contributed by atoms with van der Waals surface area (Å²) in [7, 11) is 1.56. The fraction of sp³-hybridized carbons (Fsp3) is 0.333. The number of aryl methyl sites for hydroxylation is 1. The summed E-state index contributed by atoms with van der Waals surface area (Å²) in [6.45, 7) is 4.57. The fourth-order valence-corrected chi connectivity index (χ4v) is 2.72. The summed E-state index contributed by atoms with van der Waals surface area (Å²) >= 11 is 5.93. The van der Waals surface area contributed by atoms with Crippen molar-refractivity contribution in [3.05, 3.63) is 52.3 Å². The fourth-order valence-electron chi connectivity index (χ4n) is 2.59. The summed E-state index contributed by atoms with van der Waals surface area (Å²) in [5.74, 6) is -0.535. The Hall–Kier alpha value is -2.31. The molecule has 2 rings (SSSR count). The molecule has 2 aromatic rings. The largest absolute Gasteiger partial charge is 0.383 e. The molecule has 2 N–H and O–H groups in total. The Balaban J connectivity index is 2.07. The first-order valence-electron chi connectivity index (χ1n) is 7.92. The van der Waals surface area contributed by atoms with Crippen LogP contribution in [0, 0.1) is 13.8 Å². The molecule has 0 unspecified atom stereocenters. The van der Waals surface area contributed by atoms with Crippen molar-refractivity contribution < 1.29 is 14.3 Å². The van der Waals surface area contributed by atoms with Gasteiger partial charge in [0.25, 0.3) is 5.91 Å². The molecule has 0 spiro atoms. The van der Waals surface area contributed by atoms with Crippen molar-refractivity contribution in [3.63, 3.8) is 0 Å². The topological polar surface area (TPSA) is 72.4 Å². The van der Waals surface area contributed by atoms with Crippen LogP contribution in [0.5, 0.6) is 0 Å². The number of nitrogens with one attached hydrogen (secondary N) is 2. The number of aromatic nitrogens is 1. The van der Waals surface area contributed by atoms with Crippen molar-refractivity contribution in [2.45, 2.75) is 13.8 Å². The molecule has 0 aliphatic heterocycles. The van der Waals surface area contributed by atoms with E-state index in [4.69, 9.17) is 16.3 Å². The predicted octanol–water partition coefficient (Wildman–Crippen LogP) is 2.24. The maximum atomic E-state index is 12.4. The van der Waals surface area contributed by atoms with Crippen LogP contribution in [0.4, 0.5) is 0 Å². The second-order valence-electron chi connectivity index (χ2n) is 5.62. The molecular formula is C18H22ClN3O3. The predicted molar refractivity (Wildman–Crippen MR) is 97.5 cm³/mol. The zero-order valence-electron chi connectivity index (χ0n) is 14.6. The number of halogens is 1. The summed E-state index contributed by atoms with van der Waals surface area (Å²) < 4.78 is 6.83. The zero-order chi connectivity index (χ0) is 18.4. The highest BCUT2D eigenvalue weighted by Crippen LogP contribution is 2.22. The lowest BCUT2D eigenvalue weighted by molar-refractivity contribution is -0.120. The van der Waals surface area contributed by atoms with Crippen LogP contribution in [0.1, 0.15) is 21.7 Å². The van der Waals surface area contributed by atoms with E-state index in [0.29, 0.717) is 23.7 Å². The number of ether oxygens (including phenoxy) is 1. The highest BCUT2D eigenvalue weighted by molar-refractivity contribution is 6.30. The molecule has 0 aliphatic rings. The van der Waals surface area contributed by atoms with Gasteiger partial charge < -0.3 is 19.9 Å². The molecule has 0 fully saturated rings. The van der Waals surface area contributed by atoms with Gasteiger partial charge in [-0.15, -0.1) is 0 Å². The zero-order valence-corrected chi connectivity index (χ0v) is 15.3. The van der Waals surface area contributed by atoms with E-state index in [9.17, 15) is 9.59 Å². The van der Waals surface area contributed by atoms with E-state index < -0.39 is 0 Å². The van der Waals surface area contributed by atoms with Gasteiger partial charge in [0.1, 0.15) is 0 Å². The smallest absolute Gasteiger partial charge is 0.253 e. The number of rotatable bonds is 7. The normalized spacial score (nSPS) is 10.6. The lowest BCUT2D eigenvalue weighted by Gasteiger charge is -2.10. The number of hydrogen-bond acceptors (Lipinski definition) is 3. The highest BCUT2D eigenvalue weighted by Gasteiger charge is 2.17. The van der Waals surface area contributed by atoms with E-state index in [2.05, 4.69) is 10.6 Å². The van der Waals surface area contributed by atoms with E-state index in [1.807, 2.05) is 36.6 Å². The summed E-state index contributed by atoms with van der Waals surface area (Å²) in [4.78, 5) is 24.1. The van der Waals surface area contributed by atoms with Crippen LogP contribution in [0.2, 0.25) is 5.02 Å². The van der Waals surface area contributed by atoms with Crippen molar-refractivity contribution >= 4 is 23.4 Å². The lowest BCUT2D eigenvalue weighted by atomic mass is 10.2. The molecule has 0 saturated heterocycles. The van der Waals surface area contributed by atoms with Crippen LogP contribution in [-0.2, 0) is 9.53 Å². The molecule has 1 aromatic heterocycles. The SMILES string of the molecule is COCCNC(=O)CNC(=O)c1cc(C)n(-c2ccc(Cl)cc2)c1C. The Bertz CT molecular complexity index is 754. The molecule has 7 heteroatoms. The van der Waals surface area contributed by atoms with Gasteiger partial charge in [-0.25, -0.2) is 0 Å². The minimum absolute atomic E-state index is 0.0762. The van der Waals surface area contributed by atoms with Crippen LogP contribution in [0.25, 0.3) is 5.69 Å². The number of benzene rings is 1. The molecule has 0 saturated carbocycles. The van der Waals surface area contributed by atoms with E-state index in [-0.39, 0.29) is 18.4 Å². The van der Waals surface area contributed by atoms with Crippen molar-refractivity contribution in [1.29, 1.82) is 0 Å². The van der Waals surface area contributed by atoms with Crippen LogP contribution >= 0.6 is 11.6 Å². The Morgan fingerprint density at radius 1 is 1.16 bits per heavy atom. The van der Waals surface area contributed by atoms with E-state index in [0.717, 1.165) is 17.1 Å². The van der Waals surface area contributed by atoms with Crippen LogP contribution < -0.4 is 10.6 Å². The summed E-state index contributed by atoms with van der Waals surface area (Å²) in [6.07, 6.45) is 0. The van der Waals surface area contributed by atoms with E-state index in [1.54, 1.807) is 19.2 Å². The van der Waals surface area contributed by atoms with Crippen LogP contribution in [-0.4, -0.2) is 43.2 Å². The Labute approximate surface area is 152 Å². The molecular weight excluding hydrogens is 342 g/mol. The van der Waals surface area contributed by atoms with Crippen molar-refractivity contribution in [2.24, 2.45) is 0 Å². The molecule has 6 nitrogen and oxygen atoms in total. The minimum atomic E-state index is -0.282. The number of methoxy groups -OCH3 is 1. The summed E-state index contributed by atoms with van der Waals surface area (Å²) in [5, 5.41) is 5.95. The van der Waals surface area contributed by atoms with Gasteiger partial charge in [0.05, 0.1) is 18.7 Å². The van der Waals surface area contributed by atoms with Gasteiger partial charge in [0.15, 0.2) is 0 Å². The van der Waals surface area contributed by atoms with Crippen molar-refractivity contribution in [1.82, 2.24) is 15.2 Å². The second kappa shape index (κ2) is 8.69. The van der Waals surface area contributed by atoms with Gasteiger partial charge in [0, 0.05) is 35.8 Å². The Morgan fingerprint density at radius 3 is 2.48 bits per heavy atom. The molecule has 0 radical (unpaired) electrons. The molecule has 0 atom stereocenters. The number of hydrogen-bond donors (Lipinski definition) is 2. The molecule has 1 heterocycles. The molecule has 134 valence electrons. The highest BCUT2D eigenvalue weighted by atomic mass is 35.5. The van der Waals surface area contributed by atoms with Crippen LogP contribution in [0.15, 0.2) is 30.3 Å². The maximum Gasteiger partial charge on any atom is 0.253 e. The first-order chi connectivity index (χ1) is 11.9. The van der Waals surface area contributed by atoms with Gasteiger partial charge in [-0.05, 0) is 44.2 Å². The average molecular weight is 364 g/mol. The number of amides is 2. The quantitative estimate of drug-likeness (QED) is 0.741. The second-order valence-corrected chi connectivity index (χ2v) is 6.06. The third-order valence-corrected chi connectivity index (χ3v) is 4.05. The van der Waals surface area contributed by atoms with Gasteiger partial charge in [0.2, 0.25) is 5.91 Å². The molecule has 1 aromatic carbocycles. The standard InChI is InChI=1S/C18H22ClN3O3/c1-12-10-16(18(24)21-11-17(23)20-8-9-25-3)13(2)22(12)15-6-4-14(19)5-7-15/h4-7,10H,8-9,11H2,1-3H3,(H,20,23)(H,21,24).